The molecule has 3 heteroatoms. The van der Waals surface area contributed by atoms with Crippen LogP contribution in [-0.2, 0) is 0 Å². The van der Waals surface area contributed by atoms with Crippen LogP contribution in [0.3, 0.4) is 0 Å². The predicted octanol–water partition coefficient (Wildman–Crippen LogP) is 1.07. The van der Waals surface area contributed by atoms with Gasteiger partial charge in [-0.15, -0.1) is 11.6 Å². The van der Waals surface area contributed by atoms with Crippen LogP contribution in [0.15, 0.2) is 0 Å². The molecule has 0 bridgehead atoms. The summed E-state index contributed by atoms with van der Waals surface area (Å²) >= 11 is 5.45. The zero-order chi connectivity index (χ0) is 7.28. The molecule has 9 heavy (non-hydrogen) atoms. The maximum absolute atomic E-state index is 8.40. The Hall–Kier alpha value is -0.260. The van der Waals surface area contributed by atoms with Gasteiger partial charge in [-0.1, -0.05) is 0 Å². The molecule has 0 aliphatic heterocycles. The van der Waals surface area contributed by atoms with Crippen LogP contribution in [-0.4, -0.2) is 30.4 Å². The maximum Gasteiger partial charge on any atom is 0.0947 e. The molecule has 0 fully saturated rings. The van der Waals surface area contributed by atoms with Gasteiger partial charge in [0.1, 0.15) is 0 Å². The van der Waals surface area contributed by atoms with Gasteiger partial charge in [0, 0.05) is 12.4 Å². The Bertz CT molecular complexity index is 108. The van der Waals surface area contributed by atoms with E-state index < -0.39 is 0 Å². The molecule has 0 aromatic rings. The number of nitrogens with zero attached hydrogens (tertiary/aromatic N) is 2. The van der Waals surface area contributed by atoms with Gasteiger partial charge in [0.05, 0.1) is 12.1 Å². The molecular formula is C6H11ClN2. The lowest BCUT2D eigenvalue weighted by Gasteiger charge is -2.16. The van der Waals surface area contributed by atoms with Gasteiger partial charge in [-0.25, -0.2) is 0 Å². The van der Waals surface area contributed by atoms with Crippen LogP contribution >= 0.6 is 11.6 Å². The molecule has 0 aliphatic carbocycles. The molecule has 0 aliphatic rings. The molecule has 0 amide bonds. The van der Waals surface area contributed by atoms with Crippen molar-refractivity contribution in [2.75, 3.05) is 19.5 Å². The van der Waals surface area contributed by atoms with Gasteiger partial charge in [0.25, 0.3) is 0 Å². The van der Waals surface area contributed by atoms with Gasteiger partial charge in [-0.3, -0.25) is 4.90 Å². The second kappa shape index (κ2) is 4.60. The van der Waals surface area contributed by atoms with E-state index in [2.05, 4.69) is 6.07 Å². The summed E-state index contributed by atoms with van der Waals surface area (Å²) in [7, 11) is 1.89. The minimum absolute atomic E-state index is 0.0243. The Kier molecular flexibility index (Phi) is 4.47. The molecule has 0 rings (SSSR count). The van der Waals surface area contributed by atoms with Crippen molar-refractivity contribution in [3.05, 3.63) is 0 Å². The molecule has 0 spiro atoms. The number of halogens is 1. The topological polar surface area (TPSA) is 27.0 Å². The fourth-order valence-electron chi connectivity index (χ4n) is 0.426. The van der Waals surface area contributed by atoms with Crippen molar-refractivity contribution in [3.63, 3.8) is 0 Å². The van der Waals surface area contributed by atoms with Crippen LogP contribution in [0, 0.1) is 11.3 Å². The van der Waals surface area contributed by atoms with Crippen LogP contribution < -0.4 is 0 Å². The van der Waals surface area contributed by atoms with E-state index in [1.54, 1.807) is 0 Å². The van der Waals surface area contributed by atoms with Crippen molar-refractivity contribution in [1.29, 1.82) is 5.26 Å². The van der Waals surface area contributed by atoms with Gasteiger partial charge in [0.2, 0.25) is 0 Å². The maximum atomic E-state index is 8.40. The quantitative estimate of drug-likeness (QED) is 0.557. The number of hydrogen-bond donors (Lipinski definition) is 0. The highest BCUT2D eigenvalue weighted by molar-refractivity contribution is 6.18. The number of nitriles is 1. The summed E-state index contributed by atoms with van der Waals surface area (Å²) in [4.78, 5) is 1.91. The molecule has 0 aromatic heterocycles. The van der Waals surface area contributed by atoms with Gasteiger partial charge < -0.3 is 0 Å². The van der Waals surface area contributed by atoms with E-state index in [0.29, 0.717) is 5.88 Å². The third kappa shape index (κ3) is 3.34. The Morgan fingerprint density at radius 3 is 2.67 bits per heavy atom. The van der Waals surface area contributed by atoms with Crippen LogP contribution in [0.5, 0.6) is 0 Å². The van der Waals surface area contributed by atoms with Crippen molar-refractivity contribution in [1.82, 2.24) is 4.90 Å². The molecule has 0 saturated carbocycles. The lowest BCUT2D eigenvalue weighted by atomic mass is 10.3. The van der Waals surface area contributed by atoms with E-state index in [1.807, 2.05) is 18.9 Å². The fourth-order valence-corrected chi connectivity index (χ4v) is 0.692. The molecule has 0 radical (unpaired) electrons. The minimum atomic E-state index is -0.0243. The summed E-state index contributed by atoms with van der Waals surface area (Å²) < 4.78 is 0. The minimum Gasteiger partial charge on any atom is -0.290 e. The molecule has 0 aromatic carbocycles. The second-order valence-corrected chi connectivity index (χ2v) is 2.35. The van der Waals surface area contributed by atoms with Gasteiger partial charge in [-0.05, 0) is 14.0 Å². The highest BCUT2D eigenvalue weighted by Gasteiger charge is 2.04. The van der Waals surface area contributed by atoms with Crippen molar-refractivity contribution in [2.24, 2.45) is 0 Å². The van der Waals surface area contributed by atoms with Gasteiger partial charge in [0.15, 0.2) is 0 Å². The van der Waals surface area contributed by atoms with Crippen molar-refractivity contribution in [3.8, 4) is 6.07 Å². The fraction of sp³-hybridized carbons (Fsp3) is 0.833. The zero-order valence-corrected chi connectivity index (χ0v) is 6.52. The Labute approximate surface area is 61.0 Å². The van der Waals surface area contributed by atoms with E-state index in [4.69, 9.17) is 16.9 Å². The van der Waals surface area contributed by atoms with E-state index in [1.165, 1.54) is 0 Å². The second-order valence-electron chi connectivity index (χ2n) is 1.97. The highest BCUT2D eigenvalue weighted by atomic mass is 35.5. The first-order valence-electron chi connectivity index (χ1n) is 2.88. The zero-order valence-electron chi connectivity index (χ0n) is 5.76. The largest absolute Gasteiger partial charge is 0.290 e. The van der Waals surface area contributed by atoms with Crippen molar-refractivity contribution < 1.29 is 0 Å². The molecule has 0 heterocycles. The van der Waals surface area contributed by atoms with Crippen molar-refractivity contribution in [2.45, 2.75) is 13.0 Å². The summed E-state index contributed by atoms with van der Waals surface area (Å²) in [6.07, 6.45) is 0. The summed E-state index contributed by atoms with van der Waals surface area (Å²) in [6.45, 7) is 2.63. The monoisotopic (exact) mass is 146 g/mol. The predicted molar refractivity (Wildman–Crippen MR) is 38.4 cm³/mol. The first-order valence-corrected chi connectivity index (χ1v) is 3.41. The van der Waals surface area contributed by atoms with Crippen LogP contribution in [0.1, 0.15) is 6.92 Å². The standard InChI is InChI=1S/C6H11ClN2/c1-6(5-8)9(2)4-3-7/h6H,3-4H2,1-2H3. The normalized spacial score (nSPS) is 13.2. The molecular weight excluding hydrogens is 136 g/mol. The van der Waals surface area contributed by atoms with E-state index >= 15 is 0 Å². The molecule has 52 valence electrons. The van der Waals surface area contributed by atoms with Gasteiger partial charge >= 0.3 is 0 Å². The average molecular weight is 147 g/mol. The van der Waals surface area contributed by atoms with Gasteiger partial charge in [-0.2, -0.15) is 5.26 Å². The summed E-state index contributed by atoms with van der Waals surface area (Å²) in [6, 6.07) is 2.09. The van der Waals surface area contributed by atoms with Crippen LogP contribution in [0.25, 0.3) is 0 Å². The van der Waals surface area contributed by atoms with Crippen LogP contribution in [0.2, 0.25) is 0 Å². The Morgan fingerprint density at radius 1 is 1.78 bits per heavy atom. The third-order valence-electron chi connectivity index (χ3n) is 1.29. The van der Waals surface area contributed by atoms with E-state index in [-0.39, 0.29) is 6.04 Å². The molecule has 2 nitrogen and oxygen atoms in total. The number of rotatable bonds is 3. The first kappa shape index (κ1) is 8.74. The highest BCUT2D eigenvalue weighted by Crippen LogP contribution is 1.92. The third-order valence-corrected chi connectivity index (χ3v) is 1.45. The van der Waals surface area contributed by atoms with Crippen LogP contribution in [0.4, 0.5) is 0 Å². The van der Waals surface area contributed by atoms with E-state index in [9.17, 15) is 0 Å². The molecule has 1 atom stereocenters. The summed E-state index contributed by atoms with van der Waals surface area (Å²) in [5.74, 6) is 0.586. The Balaban J connectivity index is 3.48. The average Bonchev–Trinajstić information content (AvgIpc) is 1.87. The smallest absolute Gasteiger partial charge is 0.0947 e. The SMILES string of the molecule is CC(C#N)N(C)CCCl. The summed E-state index contributed by atoms with van der Waals surface area (Å²) in [5.41, 5.74) is 0. The molecule has 0 saturated heterocycles. The number of hydrogen-bond acceptors (Lipinski definition) is 2. The first-order chi connectivity index (χ1) is 4.22. The summed E-state index contributed by atoms with van der Waals surface area (Å²) in [5, 5.41) is 8.40. The lowest BCUT2D eigenvalue weighted by molar-refractivity contribution is 0.321. The van der Waals surface area contributed by atoms with Crippen molar-refractivity contribution >= 4 is 11.6 Å². The number of alkyl halides is 1. The molecule has 0 N–H and O–H groups in total. The van der Waals surface area contributed by atoms with E-state index in [0.717, 1.165) is 6.54 Å². The Morgan fingerprint density at radius 2 is 2.33 bits per heavy atom. The lowest BCUT2D eigenvalue weighted by Crippen LogP contribution is -2.29. The molecule has 1 unspecified atom stereocenters.